The first-order valence-electron chi connectivity index (χ1n) is 6.53. The number of carboxylic acids is 1. The second-order valence-electron chi connectivity index (χ2n) is 4.70. The van der Waals surface area contributed by atoms with Crippen molar-refractivity contribution in [3.63, 3.8) is 0 Å². The molecule has 5 nitrogen and oxygen atoms in total. The molecular weight excluding hydrogens is 343 g/mol. The zero-order valence-electron chi connectivity index (χ0n) is 11.8. The SMILES string of the molecule is O=C(O)c1cnc(-c2nc(C(F)(F)F)cs2)c(-c2cccnc2)c1. The van der Waals surface area contributed by atoms with E-state index in [2.05, 4.69) is 15.0 Å². The smallest absolute Gasteiger partial charge is 0.434 e. The van der Waals surface area contributed by atoms with E-state index in [0.717, 1.165) is 22.9 Å². The maximum absolute atomic E-state index is 12.7. The minimum Gasteiger partial charge on any atom is -0.478 e. The van der Waals surface area contributed by atoms with Gasteiger partial charge in [0.05, 0.1) is 5.56 Å². The molecule has 0 atom stereocenters. The molecule has 0 saturated heterocycles. The van der Waals surface area contributed by atoms with Crippen LogP contribution in [0.5, 0.6) is 0 Å². The number of aromatic nitrogens is 3. The Morgan fingerprint density at radius 1 is 1.25 bits per heavy atom. The van der Waals surface area contributed by atoms with Crippen LogP contribution in [0.4, 0.5) is 13.2 Å². The molecule has 0 spiro atoms. The lowest BCUT2D eigenvalue weighted by Gasteiger charge is -2.08. The predicted molar refractivity (Wildman–Crippen MR) is 80.5 cm³/mol. The van der Waals surface area contributed by atoms with E-state index in [1.54, 1.807) is 12.1 Å². The van der Waals surface area contributed by atoms with Gasteiger partial charge in [-0.25, -0.2) is 9.78 Å². The Bertz CT molecular complexity index is 894. The molecule has 122 valence electrons. The van der Waals surface area contributed by atoms with Gasteiger partial charge in [-0.2, -0.15) is 13.2 Å². The Balaban J connectivity index is 2.17. The van der Waals surface area contributed by atoms with Gasteiger partial charge in [-0.3, -0.25) is 9.97 Å². The van der Waals surface area contributed by atoms with Gasteiger partial charge in [-0.1, -0.05) is 6.07 Å². The molecule has 1 N–H and O–H groups in total. The first kappa shape index (κ1) is 16.1. The maximum atomic E-state index is 12.7. The summed E-state index contributed by atoms with van der Waals surface area (Å²) in [6.45, 7) is 0. The molecule has 0 aliphatic carbocycles. The molecule has 0 unspecified atom stereocenters. The summed E-state index contributed by atoms with van der Waals surface area (Å²) in [5.74, 6) is -1.19. The highest BCUT2D eigenvalue weighted by atomic mass is 32.1. The second-order valence-corrected chi connectivity index (χ2v) is 5.56. The van der Waals surface area contributed by atoms with Crippen LogP contribution >= 0.6 is 11.3 Å². The summed E-state index contributed by atoms with van der Waals surface area (Å²) in [5.41, 5.74) is -0.0274. The fraction of sp³-hybridized carbons (Fsp3) is 0.0667. The molecule has 0 bridgehead atoms. The second kappa shape index (κ2) is 6.00. The molecule has 3 heterocycles. The number of hydrogen-bond acceptors (Lipinski definition) is 5. The molecule has 0 saturated carbocycles. The topological polar surface area (TPSA) is 76.0 Å². The molecule has 0 radical (unpaired) electrons. The van der Waals surface area contributed by atoms with E-state index in [9.17, 15) is 18.0 Å². The number of thiazole rings is 1. The third-order valence-corrected chi connectivity index (χ3v) is 3.95. The minimum atomic E-state index is -4.55. The van der Waals surface area contributed by atoms with Gasteiger partial charge in [0.2, 0.25) is 0 Å². The van der Waals surface area contributed by atoms with E-state index in [1.165, 1.54) is 18.5 Å². The number of aromatic carboxylic acids is 1. The molecule has 3 rings (SSSR count). The van der Waals surface area contributed by atoms with Crippen LogP contribution in [0.15, 0.2) is 42.2 Å². The maximum Gasteiger partial charge on any atom is 0.434 e. The van der Waals surface area contributed by atoms with E-state index in [-0.39, 0.29) is 16.3 Å². The lowest BCUT2D eigenvalue weighted by molar-refractivity contribution is -0.140. The monoisotopic (exact) mass is 351 g/mol. The number of pyridine rings is 2. The molecule has 0 aliphatic rings. The Morgan fingerprint density at radius 2 is 2.04 bits per heavy atom. The largest absolute Gasteiger partial charge is 0.478 e. The lowest BCUT2D eigenvalue weighted by Crippen LogP contribution is -2.05. The molecule has 9 heteroatoms. The lowest BCUT2D eigenvalue weighted by atomic mass is 10.0. The average molecular weight is 351 g/mol. The number of halogens is 3. The van der Waals surface area contributed by atoms with Gasteiger partial charge in [0.15, 0.2) is 5.69 Å². The van der Waals surface area contributed by atoms with E-state index >= 15 is 0 Å². The van der Waals surface area contributed by atoms with Crippen LogP contribution in [-0.2, 0) is 6.18 Å². The van der Waals surface area contributed by atoms with Gasteiger partial charge in [0, 0.05) is 35.1 Å². The summed E-state index contributed by atoms with van der Waals surface area (Å²) in [7, 11) is 0. The zero-order valence-corrected chi connectivity index (χ0v) is 12.6. The Kier molecular flexibility index (Phi) is 4.02. The molecule has 0 fully saturated rings. The predicted octanol–water partition coefficient (Wildman–Crippen LogP) is 3.98. The van der Waals surface area contributed by atoms with Crippen molar-refractivity contribution < 1.29 is 23.1 Å². The number of hydrogen-bond donors (Lipinski definition) is 1. The van der Waals surface area contributed by atoms with Crippen molar-refractivity contribution in [2.45, 2.75) is 6.18 Å². The van der Waals surface area contributed by atoms with E-state index in [4.69, 9.17) is 5.11 Å². The van der Waals surface area contributed by atoms with Gasteiger partial charge >= 0.3 is 12.1 Å². The van der Waals surface area contributed by atoms with Crippen molar-refractivity contribution in [1.82, 2.24) is 15.0 Å². The number of alkyl halides is 3. The van der Waals surface area contributed by atoms with Crippen LogP contribution in [0.25, 0.3) is 21.8 Å². The first-order valence-corrected chi connectivity index (χ1v) is 7.41. The summed E-state index contributed by atoms with van der Waals surface area (Å²) in [4.78, 5) is 22.7. The molecule has 0 aliphatic heterocycles. The molecule has 0 amide bonds. The van der Waals surface area contributed by atoms with Gasteiger partial charge in [0.1, 0.15) is 10.7 Å². The Hall–Kier alpha value is -2.81. The van der Waals surface area contributed by atoms with Crippen molar-refractivity contribution in [3.8, 4) is 21.8 Å². The average Bonchev–Trinajstić information content (AvgIpc) is 3.05. The van der Waals surface area contributed by atoms with Crippen LogP contribution in [0.1, 0.15) is 16.1 Å². The van der Waals surface area contributed by atoms with E-state index < -0.39 is 17.8 Å². The van der Waals surface area contributed by atoms with Crippen LogP contribution in [-0.4, -0.2) is 26.0 Å². The van der Waals surface area contributed by atoms with Gasteiger partial charge < -0.3 is 5.11 Å². The number of nitrogens with zero attached hydrogens (tertiary/aromatic N) is 3. The summed E-state index contributed by atoms with van der Waals surface area (Å²) < 4.78 is 38.2. The standard InChI is InChI=1S/C15H8F3N3O2S/c16-15(17,18)11-7-24-13(21-11)12-10(8-2-1-3-19-5-8)4-9(6-20-12)14(22)23/h1-7H,(H,22,23). The normalized spacial score (nSPS) is 11.5. The van der Waals surface area contributed by atoms with Crippen molar-refractivity contribution in [2.75, 3.05) is 0 Å². The van der Waals surface area contributed by atoms with Crippen molar-refractivity contribution >= 4 is 17.3 Å². The highest BCUT2D eigenvalue weighted by Gasteiger charge is 2.34. The highest BCUT2D eigenvalue weighted by Crippen LogP contribution is 2.36. The van der Waals surface area contributed by atoms with Crippen LogP contribution in [0.3, 0.4) is 0 Å². The Morgan fingerprint density at radius 3 is 2.62 bits per heavy atom. The van der Waals surface area contributed by atoms with Crippen molar-refractivity contribution in [1.29, 1.82) is 0 Å². The Labute approximate surface area is 137 Å². The summed E-state index contributed by atoms with van der Waals surface area (Å²) in [6.07, 6.45) is -0.455. The number of carbonyl (C=O) groups is 1. The quantitative estimate of drug-likeness (QED) is 0.772. The summed E-state index contributed by atoms with van der Waals surface area (Å²) >= 11 is 0.791. The van der Waals surface area contributed by atoms with E-state index in [0.29, 0.717) is 11.1 Å². The van der Waals surface area contributed by atoms with Crippen molar-refractivity contribution in [3.05, 3.63) is 53.4 Å². The van der Waals surface area contributed by atoms with E-state index in [1.807, 2.05) is 0 Å². The van der Waals surface area contributed by atoms with Crippen LogP contribution in [0.2, 0.25) is 0 Å². The number of rotatable bonds is 3. The third-order valence-electron chi connectivity index (χ3n) is 3.10. The summed E-state index contributed by atoms with van der Waals surface area (Å²) in [5, 5.41) is 10.1. The van der Waals surface area contributed by atoms with Crippen molar-refractivity contribution in [2.24, 2.45) is 0 Å². The number of carboxylic acid groups (broad SMARTS) is 1. The van der Waals surface area contributed by atoms with Crippen LogP contribution < -0.4 is 0 Å². The van der Waals surface area contributed by atoms with Gasteiger partial charge in [-0.15, -0.1) is 11.3 Å². The molecule has 0 aromatic carbocycles. The third kappa shape index (κ3) is 3.11. The fourth-order valence-electron chi connectivity index (χ4n) is 2.01. The molecule has 24 heavy (non-hydrogen) atoms. The summed E-state index contributed by atoms with van der Waals surface area (Å²) in [6, 6.07) is 4.64. The fourth-order valence-corrected chi connectivity index (χ4v) is 2.84. The first-order chi connectivity index (χ1) is 11.4. The van der Waals surface area contributed by atoms with Gasteiger partial charge in [0.25, 0.3) is 0 Å². The zero-order chi connectivity index (χ0) is 17.3. The molecule has 3 aromatic rings. The van der Waals surface area contributed by atoms with Crippen LogP contribution in [0, 0.1) is 0 Å². The molecular formula is C15H8F3N3O2S. The van der Waals surface area contributed by atoms with Gasteiger partial charge in [-0.05, 0) is 12.1 Å². The minimum absolute atomic E-state index is 0.0538. The molecule has 3 aromatic heterocycles. The highest BCUT2D eigenvalue weighted by molar-refractivity contribution is 7.13.